The Morgan fingerprint density at radius 1 is 1.03 bits per heavy atom. The Bertz CT molecular complexity index is 1030. The Balaban J connectivity index is 1.24. The van der Waals surface area contributed by atoms with Crippen molar-refractivity contribution in [2.75, 3.05) is 38.0 Å². The van der Waals surface area contributed by atoms with Gasteiger partial charge in [0.15, 0.2) is 0 Å². The maximum atomic E-state index is 12.7. The Morgan fingerprint density at radius 3 is 2.68 bits per heavy atom. The van der Waals surface area contributed by atoms with Gasteiger partial charge in [-0.05, 0) is 30.7 Å². The van der Waals surface area contributed by atoms with Crippen molar-refractivity contribution < 1.29 is 9.59 Å². The van der Waals surface area contributed by atoms with Gasteiger partial charge in [-0.25, -0.2) is 4.98 Å². The van der Waals surface area contributed by atoms with Crippen LogP contribution in [-0.4, -0.2) is 64.3 Å². The second-order valence-electron chi connectivity index (χ2n) is 7.74. The molecule has 0 saturated carbocycles. The fourth-order valence-electron chi connectivity index (χ4n) is 3.84. The molecule has 1 saturated heterocycles. The minimum absolute atomic E-state index is 0.0993. The van der Waals surface area contributed by atoms with Gasteiger partial charge in [-0.1, -0.05) is 35.9 Å². The molecule has 2 amide bonds. The molecule has 7 nitrogen and oxygen atoms in total. The van der Waals surface area contributed by atoms with E-state index in [2.05, 4.69) is 20.2 Å². The zero-order valence-corrected chi connectivity index (χ0v) is 18.1. The van der Waals surface area contributed by atoms with Crippen molar-refractivity contribution in [3.63, 3.8) is 0 Å². The largest absolute Gasteiger partial charge is 0.342 e. The number of carbonyl (C=O) groups excluding carboxylic acids is 2. The monoisotopic (exact) mass is 439 g/mol. The highest BCUT2D eigenvalue weighted by Gasteiger charge is 2.21. The molecule has 0 spiro atoms. The van der Waals surface area contributed by atoms with E-state index in [9.17, 15) is 9.59 Å². The third-order valence-electron chi connectivity index (χ3n) is 5.47. The number of aromatic amines is 1. The highest BCUT2D eigenvalue weighted by Crippen LogP contribution is 2.20. The van der Waals surface area contributed by atoms with Crippen LogP contribution in [0.15, 0.2) is 48.5 Å². The predicted octanol–water partition coefficient (Wildman–Crippen LogP) is 3.32. The van der Waals surface area contributed by atoms with Gasteiger partial charge in [0.1, 0.15) is 5.82 Å². The molecule has 2 N–H and O–H groups in total. The molecule has 0 unspecified atom stereocenters. The van der Waals surface area contributed by atoms with E-state index in [0.717, 1.165) is 29.8 Å². The van der Waals surface area contributed by atoms with Crippen LogP contribution in [0, 0.1) is 0 Å². The molecule has 0 bridgehead atoms. The van der Waals surface area contributed by atoms with Gasteiger partial charge in [-0.15, -0.1) is 0 Å². The molecule has 1 aliphatic heterocycles. The number of aromatic nitrogens is 2. The Morgan fingerprint density at radius 2 is 1.84 bits per heavy atom. The second-order valence-corrected chi connectivity index (χ2v) is 8.15. The number of aryl methyl sites for hydroxylation is 1. The summed E-state index contributed by atoms with van der Waals surface area (Å²) < 4.78 is 0. The maximum Gasteiger partial charge on any atom is 0.238 e. The van der Waals surface area contributed by atoms with Crippen LogP contribution in [0.2, 0.25) is 5.02 Å². The lowest BCUT2D eigenvalue weighted by Gasteiger charge is -2.21. The third-order valence-corrected chi connectivity index (χ3v) is 5.80. The molecule has 0 atom stereocenters. The number of rotatable bonds is 6. The number of amides is 2. The quantitative estimate of drug-likeness (QED) is 0.617. The van der Waals surface area contributed by atoms with E-state index in [-0.39, 0.29) is 18.4 Å². The maximum absolute atomic E-state index is 12.7. The number of H-pyrrole nitrogens is 1. The first-order valence-corrected chi connectivity index (χ1v) is 10.9. The fraction of sp³-hybridized carbons (Fsp3) is 0.348. The average molecular weight is 440 g/mol. The number of para-hydroxylation sites is 3. The number of fused-ring (bicyclic) bond motifs is 1. The average Bonchev–Trinajstić information content (AvgIpc) is 3.04. The van der Waals surface area contributed by atoms with E-state index in [4.69, 9.17) is 11.6 Å². The lowest BCUT2D eigenvalue weighted by molar-refractivity contribution is -0.131. The van der Waals surface area contributed by atoms with Crippen molar-refractivity contribution in [2.24, 2.45) is 0 Å². The molecule has 0 aliphatic carbocycles. The highest BCUT2D eigenvalue weighted by molar-refractivity contribution is 6.33. The summed E-state index contributed by atoms with van der Waals surface area (Å²) in [4.78, 5) is 36.9. The van der Waals surface area contributed by atoms with Crippen molar-refractivity contribution in [1.29, 1.82) is 0 Å². The molecule has 2 aromatic carbocycles. The molecule has 0 radical (unpaired) electrons. The van der Waals surface area contributed by atoms with Gasteiger partial charge >= 0.3 is 0 Å². The number of carbonyl (C=O) groups is 2. The first kappa shape index (κ1) is 21.3. The molecule has 2 heterocycles. The summed E-state index contributed by atoms with van der Waals surface area (Å²) in [5.74, 6) is 0.864. The zero-order chi connectivity index (χ0) is 21.6. The summed E-state index contributed by atoms with van der Waals surface area (Å²) in [5, 5.41) is 3.38. The van der Waals surface area contributed by atoms with Crippen LogP contribution < -0.4 is 5.32 Å². The first-order chi connectivity index (χ1) is 15.1. The number of hydrogen-bond acceptors (Lipinski definition) is 4. The van der Waals surface area contributed by atoms with E-state index >= 15 is 0 Å². The smallest absolute Gasteiger partial charge is 0.238 e. The van der Waals surface area contributed by atoms with Crippen molar-refractivity contribution in [3.05, 3.63) is 59.4 Å². The van der Waals surface area contributed by atoms with Crippen LogP contribution >= 0.6 is 11.6 Å². The van der Waals surface area contributed by atoms with Crippen LogP contribution in [0.5, 0.6) is 0 Å². The van der Waals surface area contributed by atoms with E-state index in [1.807, 2.05) is 41.3 Å². The van der Waals surface area contributed by atoms with Crippen molar-refractivity contribution in [3.8, 4) is 0 Å². The Labute approximate surface area is 186 Å². The summed E-state index contributed by atoms with van der Waals surface area (Å²) in [6.45, 7) is 3.07. The number of hydrogen-bond donors (Lipinski definition) is 2. The number of nitrogens with one attached hydrogen (secondary N) is 2. The van der Waals surface area contributed by atoms with Gasteiger partial charge in [0.25, 0.3) is 0 Å². The molecule has 1 fully saturated rings. The van der Waals surface area contributed by atoms with Crippen LogP contribution in [-0.2, 0) is 16.0 Å². The van der Waals surface area contributed by atoms with Gasteiger partial charge in [0.2, 0.25) is 11.8 Å². The number of benzene rings is 2. The van der Waals surface area contributed by atoms with E-state index in [1.54, 1.807) is 12.1 Å². The van der Waals surface area contributed by atoms with Gasteiger partial charge in [0.05, 0.1) is 28.3 Å². The summed E-state index contributed by atoms with van der Waals surface area (Å²) in [6.07, 6.45) is 1.86. The summed E-state index contributed by atoms with van der Waals surface area (Å²) >= 11 is 6.11. The van der Waals surface area contributed by atoms with Crippen LogP contribution in [0.3, 0.4) is 0 Å². The summed E-state index contributed by atoms with van der Waals surface area (Å²) in [7, 11) is 0. The summed E-state index contributed by atoms with van der Waals surface area (Å²) in [6, 6.07) is 15.1. The van der Waals surface area contributed by atoms with Crippen LogP contribution in [0.25, 0.3) is 11.0 Å². The molecule has 1 aromatic heterocycles. The lowest BCUT2D eigenvalue weighted by Crippen LogP contribution is -2.38. The van der Waals surface area contributed by atoms with E-state index < -0.39 is 0 Å². The van der Waals surface area contributed by atoms with E-state index in [1.165, 1.54) is 0 Å². The highest BCUT2D eigenvalue weighted by atomic mass is 35.5. The lowest BCUT2D eigenvalue weighted by atomic mass is 10.2. The summed E-state index contributed by atoms with van der Waals surface area (Å²) in [5.41, 5.74) is 2.53. The normalized spacial score (nSPS) is 15.1. The van der Waals surface area contributed by atoms with Crippen molar-refractivity contribution >= 4 is 40.1 Å². The Hall–Kier alpha value is -2.90. The molecule has 3 aromatic rings. The molecule has 1 aliphatic rings. The van der Waals surface area contributed by atoms with Crippen molar-refractivity contribution in [2.45, 2.75) is 19.3 Å². The molecular weight excluding hydrogens is 414 g/mol. The molecular formula is C23H26ClN5O2. The second kappa shape index (κ2) is 9.94. The number of anilines is 1. The van der Waals surface area contributed by atoms with Gasteiger partial charge in [-0.2, -0.15) is 0 Å². The number of imidazole rings is 1. The van der Waals surface area contributed by atoms with Crippen molar-refractivity contribution in [1.82, 2.24) is 19.8 Å². The standard InChI is InChI=1S/C23H26ClN5O2/c24-17-6-1-2-7-18(17)27-22(30)16-28-12-5-13-29(15-14-28)23(31)11-10-21-25-19-8-3-4-9-20(19)26-21/h1-4,6-9H,5,10-16H2,(H,25,26)(H,27,30). The number of nitrogens with zero attached hydrogens (tertiary/aromatic N) is 3. The molecule has 8 heteroatoms. The Kier molecular flexibility index (Phi) is 6.84. The van der Waals surface area contributed by atoms with Gasteiger partial charge < -0.3 is 15.2 Å². The minimum Gasteiger partial charge on any atom is -0.342 e. The fourth-order valence-corrected chi connectivity index (χ4v) is 4.02. The number of halogens is 1. The molecule has 4 rings (SSSR count). The van der Waals surface area contributed by atoms with Crippen LogP contribution in [0.4, 0.5) is 5.69 Å². The van der Waals surface area contributed by atoms with Gasteiger partial charge in [0, 0.05) is 39.0 Å². The van der Waals surface area contributed by atoms with Crippen LogP contribution in [0.1, 0.15) is 18.7 Å². The molecule has 162 valence electrons. The van der Waals surface area contributed by atoms with Gasteiger partial charge in [-0.3, -0.25) is 14.5 Å². The topological polar surface area (TPSA) is 81.3 Å². The van der Waals surface area contributed by atoms with E-state index in [0.29, 0.717) is 43.2 Å². The first-order valence-electron chi connectivity index (χ1n) is 10.6. The third kappa shape index (κ3) is 5.62. The SMILES string of the molecule is O=C(CN1CCCN(C(=O)CCc2nc3ccccc3[nH]2)CC1)Nc1ccccc1Cl. The predicted molar refractivity (Wildman–Crippen MR) is 122 cm³/mol. The minimum atomic E-state index is -0.0993. The molecule has 31 heavy (non-hydrogen) atoms. The zero-order valence-electron chi connectivity index (χ0n) is 17.3.